The fourth-order valence-electron chi connectivity index (χ4n) is 1.59. The predicted octanol–water partition coefficient (Wildman–Crippen LogP) is 2.96. The van der Waals surface area contributed by atoms with Gasteiger partial charge in [-0.1, -0.05) is 19.1 Å². The van der Waals surface area contributed by atoms with Gasteiger partial charge in [-0.25, -0.2) is 9.97 Å². The summed E-state index contributed by atoms with van der Waals surface area (Å²) in [7, 11) is 1.65. The lowest BCUT2D eigenvalue weighted by molar-refractivity contribution is 0.418. The Labute approximate surface area is 96.6 Å². The molecular formula is C11H11BrN2O. The normalized spacial score (nSPS) is 10.6. The maximum atomic E-state index is 5.27. The molecule has 1 aromatic carbocycles. The van der Waals surface area contributed by atoms with Crippen molar-refractivity contribution >= 4 is 26.8 Å². The van der Waals surface area contributed by atoms with Crippen LogP contribution in [0.1, 0.15) is 12.6 Å². The molecule has 0 aliphatic heterocycles. The first-order valence-electron chi connectivity index (χ1n) is 4.75. The van der Waals surface area contributed by atoms with Crippen LogP contribution in [-0.2, 0) is 6.42 Å². The van der Waals surface area contributed by atoms with Crippen LogP contribution in [0.25, 0.3) is 10.9 Å². The van der Waals surface area contributed by atoms with Crippen LogP contribution in [0.4, 0.5) is 0 Å². The van der Waals surface area contributed by atoms with E-state index in [1.807, 2.05) is 18.2 Å². The largest absolute Gasteiger partial charge is 0.494 e. The standard InChI is InChI=1S/C11H11BrN2O/c1-3-8-7-5-4-6-9(15-2)10(7)14-11(12)13-8/h4-6H,3H2,1-2H3. The fraction of sp³-hybridized carbons (Fsp3) is 0.273. The monoisotopic (exact) mass is 266 g/mol. The third kappa shape index (κ3) is 1.81. The second-order valence-corrected chi connectivity index (χ2v) is 3.86. The number of para-hydroxylation sites is 1. The second kappa shape index (κ2) is 4.14. The highest BCUT2D eigenvalue weighted by Crippen LogP contribution is 2.26. The molecule has 0 atom stereocenters. The first kappa shape index (κ1) is 10.4. The van der Waals surface area contributed by atoms with Crippen molar-refractivity contribution < 1.29 is 4.74 Å². The van der Waals surface area contributed by atoms with Gasteiger partial charge in [-0.15, -0.1) is 0 Å². The molecule has 0 aliphatic rings. The highest BCUT2D eigenvalue weighted by Gasteiger charge is 2.08. The van der Waals surface area contributed by atoms with Gasteiger partial charge in [0.1, 0.15) is 11.3 Å². The van der Waals surface area contributed by atoms with E-state index in [1.54, 1.807) is 7.11 Å². The van der Waals surface area contributed by atoms with Gasteiger partial charge in [0.25, 0.3) is 0 Å². The summed E-state index contributed by atoms with van der Waals surface area (Å²) >= 11 is 3.31. The van der Waals surface area contributed by atoms with Gasteiger partial charge in [0, 0.05) is 5.39 Å². The fourth-order valence-corrected chi connectivity index (χ4v) is 1.98. The molecule has 1 heterocycles. The van der Waals surface area contributed by atoms with Crippen molar-refractivity contribution in [3.8, 4) is 5.75 Å². The van der Waals surface area contributed by atoms with E-state index >= 15 is 0 Å². The van der Waals surface area contributed by atoms with Gasteiger partial charge < -0.3 is 4.74 Å². The highest BCUT2D eigenvalue weighted by molar-refractivity contribution is 9.10. The molecule has 0 spiro atoms. The number of nitrogens with zero attached hydrogens (tertiary/aromatic N) is 2. The van der Waals surface area contributed by atoms with Crippen molar-refractivity contribution in [1.29, 1.82) is 0 Å². The Kier molecular flexibility index (Phi) is 2.86. The topological polar surface area (TPSA) is 35.0 Å². The number of methoxy groups -OCH3 is 1. The number of ether oxygens (including phenoxy) is 1. The number of aromatic nitrogens is 2. The quantitative estimate of drug-likeness (QED) is 0.784. The molecule has 0 amide bonds. The molecule has 0 saturated heterocycles. The minimum absolute atomic E-state index is 0.608. The Morgan fingerprint density at radius 3 is 2.80 bits per heavy atom. The zero-order valence-electron chi connectivity index (χ0n) is 8.62. The number of aryl methyl sites for hydroxylation is 1. The van der Waals surface area contributed by atoms with Gasteiger partial charge in [-0.3, -0.25) is 0 Å². The Hall–Kier alpha value is -1.16. The Morgan fingerprint density at radius 1 is 1.33 bits per heavy atom. The van der Waals surface area contributed by atoms with Crippen LogP contribution in [-0.4, -0.2) is 17.1 Å². The van der Waals surface area contributed by atoms with E-state index in [-0.39, 0.29) is 0 Å². The zero-order chi connectivity index (χ0) is 10.8. The lowest BCUT2D eigenvalue weighted by atomic mass is 10.1. The average Bonchev–Trinajstić information content (AvgIpc) is 2.27. The number of fused-ring (bicyclic) bond motifs is 1. The molecule has 0 aliphatic carbocycles. The third-order valence-electron chi connectivity index (χ3n) is 2.30. The van der Waals surface area contributed by atoms with Crippen molar-refractivity contribution in [1.82, 2.24) is 9.97 Å². The number of rotatable bonds is 2. The van der Waals surface area contributed by atoms with Gasteiger partial charge in [0.05, 0.1) is 12.8 Å². The van der Waals surface area contributed by atoms with Gasteiger partial charge in [-0.2, -0.15) is 0 Å². The molecule has 0 fully saturated rings. The number of hydrogen-bond donors (Lipinski definition) is 0. The molecule has 4 heteroatoms. The highest BCUT2D eigenvalue weighted by atomic mass is 79.9. The molecule has 3 nitrogen and oxygen atoms in total. The smallest absolute Gasteiger partial charge is 0.197 e. The lowest BCUT2D eigenvalue weighted by Crippen LogP contribution is -1.96. The maximum Gasteiger partial charge on any atom is 0.197 e. The molecule has 0 radical (unpaired) electrons. The van der Waals surface area contributed by atoms with Crippen LogP contribution in [0.15, 0.2) is 22.9 Å². The molecule has 0 N–H and O–H groups in total. The Bertz CT molecular complexity index is 499. The summed E-state index contributed by atoms with van der Waals surface area (Å²) in [6, 6.07) is 5.88. The van der Waals surface area contributed by atoms with Crippen LogP contribution >= 0.6 is 15.9 Å². The van der Waals surface area contributed by atoms with E-state index < -0.39 is 0 Å². The predicted molar refractivity (Wildman–Crippen MR) is 63.2 cm³/mol. The lowest BCUT2D eigenvalue weighted by Gasteiger charge is -2.07. The molecule has 1 aromatic heterocycles. The summed E-state index contributed by atoms with van der Waals surface area (Å²) in [5.74, 6) is 0.783. The molecule has 0 saturated carbocycles. The van der Waals surface area contributed by atoms with Gasteiger partial charge in [-0.05, 0) is 28.4 Å². The van der Waals surface area contributed by atoms with E-state index in [0.717, 1.165) is 28.8 Å². The summed E-state index contributed by atoms with van der Waals surface area (Å²) in [5.41, 5.74) is 1.89. The molecule has 2 rings (SSSR count). The Morgan fingerprint density at radius 2 is 2.13 bits per heavy atom. The Balaban J connectivity index is 2.82. The minimum Gasteiger partial charge on any atom is -0.494 e. The van der Waals surface area contributed by atoms with Crippen LogP contribution in [0.5, 0.6) is 5.75 Å². The molecule has 2 aromatic rings. The number of halogens is 1. The summed E-state index contributed by atoms with van der Waals surface area (Å²) in [5, 5.41) is 1.06. The summed E-state index contributed by atoms with van der Waals surface area (Å²) < 4.78 is 5.88. The first-order valence-corrected chi connectivity index (χ1v) is 5.54. The average molecular weight is 267 g/mol. The van der Waals surface area contributed by atoms with Crippen LogP contribution in [0.2, 0.25) is 0 Å². The molecule has 78 valence electrons. The van der Waals surface area contributed by atoms with Crippen molar-refractivity contribution in [2.24, 2.45) is 0 Å². The van der Waals surface area contributed by atoms with Crippen molar-refractivity contribution in [2.45, 2.75) is 13.3 Å². The minimum atomic E-state index is 0.608. The molecule has 15 heavy (non-hydrogen) atoms. The number of benzene rings is 1. The summed E-state index contributed by atoms with van der Waals surface area (Å²) in [6.07, 6.45) is 0.880. The van der Waals surface area contributed by atoms with Crippen LogP contribution in [0, 0.1) is 0 Å². The molecule has 0 unspecified atom stereocenters. The van der Waals surface area contributed by atoms with E-state index in [9.17, 15) is 0 Å². The van der Waals surface area contributed by atoms with Crippen molar-refractivity contribution in [3.63, 3.8) is 0 Å². The molecule has 0 bridgehead atoms. The van der Waals surface area contributed by atoms with Crippen LogP contribution < -0.4 is 4.74 Å². The maximum absolute atomic E-state index is 5.27. The van der Waals surface area contributed by atoms with Gasteiger partial charge in [0.15, 0.2) is 4.73 Å². The van der Waals surface area contributed by atoms with Crippen LogP contribution in [0.3, 0.4) is 0 Å². The van der Waals surface area contributed by atoms with Gasteiger partial charge >= 0.3 is 0 Å². The van der Waals surface area contributed by atoms with Gasteiger partial charge in [0.2, 0.25) is 0 Å². The van der Waals surface area contributed by atoms with Crippen molar-refractivity contribution in [3.05, 3.63) is 28.6 Å². The summed E-state index contributed by atoms with van der Waals surface area (Å²) in [6.45, 7) is 2.08. The molecular weight excluding hydrogens is 256 g/mol. The summed E-state index contributed by atoms with van der Waals surface area (Å²) in [4.78, 5) is 8.68. The van der Waals surface area contributed by atoms with E-state index in [1.165, 1.54) is 0 Å². The second-order valence-electron chi connectivity index (χ2n) is 3.15. The SMILES string of the molecule is CCc1nc(Br)nc2c(OC)cccc12. The van der Waals surface area contributed by atoms with E-state index in [4.69, 9.17) is 4.74 Å². The number of hydrogen-bond acceptors (Lipinski definition) is 3. The first-order chi connectivity index (χ1) is 7.26. The van der Waals surface area contributed by atoms with Crippen molar-refractivity contribution in [2.75, 3.05) is 7.11 Å². The zero-order valence-corrected chi connectivity index (χ0v) is 10.2. The van der Waals surface area contributed by atoms with E-state index in [2.05, 4.69) is 32.8 Å². The third-order valence-corrected chi connectivity index (χ3v) is 2.65. The van der Waals surface area contributed by atoms with E-state index in [0.29, 0.717) is 4.73 Å².